The molecule has 0 spiro atoms. The molecule has 1 aliphatic rings. The van der Waals surface area contributed by atoms with Crippen LogP contribution in [0.3, 0.4) is 0 Å². The van der Waals surface area contributed by atoms with Crippen molar-refractivity contribution < 1.29 is 19.1 Å². The minimum Gasteiger partial charge on any atom is -0.452 e. The highest BCUT2D eigenvalue weighted by atomic mass is 32.2. The van der Waals surface area contributed by atoms with Crippen molar-refractivity contribution in [2.45, 2.75) is 38.0 Å². The zero-order valence-corrected chi connectivity index (χ0v) is 12.5. The third-order valence-corrected chi connectivity index (χ3v) is 3.37. The van der Waals surface area contributed by atoms with Crippen LogP contribution in [0.1, 0.15) is 27.2 Å². The number of hydrogen-bond donors (Lipinski definition) is 0. The predicted octanol–water partition coefficient (Wildman–Crippen LogP) is 3.05. The van der Waals surface area contributed by atoms with E-state index >= 15 is 0 Å². The summed E-state index contributed by atoms with van der Waals surface area (Å²) in [5.41, 5.74) is -0.481. The minimum atomic E-state index is -0.481. The van der Waals surface area contributed by atoms with Crippen LogP contribution >= 0.6 is 11.8 Å². The second-order valence-corrected chi connectivity index (χ2v) is 6.54. The maximum Gasteiger partial charge on any atom is 0.410 e. The molecule has 5 nitrogen and oxygen atoms in total. The van der Waals surface area contributed by atoms with E-state index in [9.17, 15) is 9.59 Å². The van der Waals surface area contributed by atoms with E-state index in [2.05, 4.69) is 6.58 Å². The second kappa shape index (κ2) is 6.84. The summed E-state index contributed by atoms with van der Waals surface area (Å²) in [6.45, 7) is 10.3. The van der Waals surface area contributed by atoms with Crippen molar-refractivity contribution in [2.75, 3.05) is 19.7 Å². The monoisotopic (exact) mass is 287 g/mol. The number of hydrogen-bond acceptors (Lipinski definition) is 5. The van der Waals surface area contributed by atoms with Gasteiger partial charge in [0.15, 0.2) is 0 Å². The van der Waals surface area contributed by atoms with Gasteiger partial charge in [-0.1, -0.05) is 12.7 Å². The van der Waals surface area contributed by atoms with Gasteiger partial charge in [0.05, 0.1) is 0 Å². The molecule has 0 bridgehead atoms. The first-order chi connectivity index (χ1) is 8.81. The lowest BCUT2D eigenvalue weighted by Crippen LogP contribution is -2.30. The van der Waals surface area contributed by atoms with Crippen LogP contribution in [0.15, 0.2) is 12.7 Å². The molecule has 1 amide bonds. The highest BCUT2D eigenvalue weighted by molar-refractivity contribution is 8.13. The van der Waals surface area contributed by atoms with E-state index in [1.807, 2.05) is 20.8 Å². The third kappa shape index (κ3) is 6.00. The molecule has 108 valence electrons. The summed E-state index contributed by atoms with van der Waals surface area (Å²) < 4.78 is 10.2. The second-order valence-electron chi connectivity index (χ2n) is 5.30. The largest absolute Gasteiger partial charge is 0.452 e. The van der Waals surface area contributed by atoms with Crippen molar-refractivity contribution in [1.82, 2.24) is 4.90 Å². The molecule has 1 aliphatic heterocycles. The van der Waals surface area contributed by atoms with E-state index in [0.29, 0.717) is 13.1 Å². The molecule has 0 aliphatic carbocycles. The Morgan fingerprint density at radius 2 is 2.16 bits per heavy atom. The summed E-state index contributed by atoms with van der Waals surface area (Å²) in [6, 6.07) is 0. The lowest BCUT2D eigenvalue weighted by Gasteiger charge is -2.20. The zero-order chi connectivity index (χ0) is 14.5. The number of thioether (sulfide) groups is 1. The SMILES string of the molecule is C=CCOC(=O)N1CCC(SC(=O)OC(C)(C)C)C1. The van der Waals surface area contributed by atoms with Gasteiger partial charge < -0.3 is 14.4 Å². The van der Waals surface area contributed by atoms with Crippen molar-refractivity contribution in [2.24, 2.45) is 0 Å². The van der Waals surface area contributed by atoms with Gasteiger partial charge in [0.1, 0.15) is 12.2 Å². The topological polar surface area (TPSA) is 55.8 Å². The Morgan fingerprint density at radius 1 is 1.47 bits per heavy atom. The Hall–Kier alpha value is -1.17. The van der Waals surface area contributed by atoms with Crippen LogP contribution in [0.4, 0.5) is 9.59 Å². The number of ether oxygens (including phenoxy) is 2. The first-order valence-electron chi connectivity index (χ1n) is 6.24. The maximum atomic E-state index is 11.7. The van der Waals surface area contributed by atoms with Crippen molar-refractivity contribution in [3.8, 4) is 0 Å². The summed E-state index contributed by atoms with van der Waals surface area (Å²) in [7, 11) is 0. The van der Waals surface area contributed by atoms with Crippen LogP contribution in [0.5, 0.6) is 0 Å². The van der Waals surface area contributed by atoms with Crippen LogP contribution in [0, 0.1) is 0 Å². The molecular formula is C13H21NO4S. The molecule has 1 heterocycles. The van der Waals surface area contributed by atoms with Gasteiger partial charge in [-0.25, -0.2) is 9.59 Å². The van der Waals surface area contributed by atoms with Gasteiger partial charge in [0.25, 0.3) is 0 Å². The number of nitrogens with zero attached hydrogens (tertiary/aromatic N) is 1. The van der Waals surface area contributed by atoms with Gasteiger partial charge in [-0.15, -0.1) is 0 Å². The van der Waals surface area contributed by atoms with Crippen LogP contribution in [0.2, 0.25) is 0 Å². The number of rotatable bonds is 3. The highest BCUT2D eigenvalue weighted by Gasteiger charge is 2.30. The van der Waals surface area contributed by atoms with Gasteiger partial charge in [-0.05, 0) is 39.0 Å². The molecule has 0 aromatic heterocycles. The first kappa shape index (κ1) is 15.9. The van der Waals surface area contributed by atoms with Gasteiger partial charge in [0.2, 0.25) is 0 Å². The standard InChI is InChI=1S/C13H21NO4S/c1-5-8-17-11(15)14-7-6-10(9-14)19-12(16)18-13(2,3)4/h5,10H,1,6-9H2,2-4H3. The Balaban J connectivity index is 2.34. The molecule has 1 saturated heterocycles. The molecule has 1 atom stereocenters. The number of amides is 1. The Kier molecular flexibility index (Phi) is 5.72. The molecule has 1 rings (SSSR count). The van der Waals surface area contributed by atoms with E-state index in [-0.39, 0.29) is 23.3 Å². The van der Waals surface area contributed by atoms with Crippen LogP contribution < -0.4 is 0 Å². The predicted molar refractivity (Wildman–Crippen MR) is 75.3 cm³/mol. The van der Waals surface area contributed by atoms with Gasteiger partial charge in [0, 0.05) is 18.3 Å². The fourth-order valence-electron chi connectivity index (χ4n) is 1.62. The molecule has 19 heavy (non-hydrogen) atoms. The van der Waals surface area contributed by atoms with Crippen LogP contribution in [-0.2, 0) is 9.47 Å². The average molecular weight is 287 g/mol. The lowest BCUT2D eigenvalue weighted by atomic mass is 10.2. The van der Waals surface area contributed by atoms with Crippen LogP contribution in [-0.4, -0.2) is 46.8 Å². The van der Waals surface area contributed by atoms with E-state index in [0.717, 1.165) is 18.2 Å². The lowest BCUT2D eigenvalue weighted by molar-refractivity contribution is 0.0736. The fourth-order valence-corrected chi connectivity index (χ4v) is 2.67. The fraction of sp³-hybridized carbons (Fsp3) is 0.692. The maximum absolute atomic E-state index is 11.7. The van der Waals surface area contributed by atoms with E-state index in [1.54, 1.807) is 4.90 Å². The summed E-state index contributed by atoms with van der Waals surface area (Å²) in [5.74, 6) is 0. The molecule has 0 N–H and O–H groups in total. The number of carbonyl (C=O) groups is 2. The van der Waals surface area contributed by atoms with Crippen molar-refractivity contribution in [1.29, 1.82) is 0 Å². The normalized spacial score (nSPS) is 19.1. The molecule has 6 heteroatoms. The molecule has 0 aromatic rings. The number of likely N-dealkylation sites (tertiary alicyclic amines) is 1. The smallest absolute Gasteiger partial charge is 0.410 e. The molecule has 1 unspecified atom stereocenters. The zero-order valence-electron chi connectivity index (χ0n) is 11.7. The molecule has 0 aromatic carbocycles. The summed E-state index contributed by atoms with van der Waals surface area (Å²) in [5, 5.41) is -0.218. The highest BCUT2D eigenvalue weighted by Crippen LogP contribution is 2.26. The van der Waals surface area contributed by atoms with Gasteiger partial charge in [-0.2, -0.15) is 0 Å². The summed E-state index contributed by atoms with van der Waals surface area (Å²) >= 11 is 1.15. The molecule has 0 radical (unpaired) electrons. The molecule has 1 fully saturated rings. The van der Waals surface area contributed by atoms with Crippen molar-refractivity contribution in [3.05, 3.63) is 12.7 Å². The van der Waals surface area contributed by atoms with E-state index in [1.165, 1.54) is 6.08 Å². The van der Waals surface area contributed by atoms with Gasteiger partial charge in [-0.3, -0.25) is 0 Å². The van der Waals surface area contributed by atoms with Crippen LogP contribution in [0.25, 0.3) is 0 Å². The molecule has 0 saturated carbocycles. The molecular weight excluding hydrogens is 266 g/mol. The summed E-state index contributed by atoms with van der Waals surface area (Å²) in [4.78, 5) is 24.9. The Bertz CT molecular complexity index is 351. The number of carbonyl (C=O) groups excluding carboxylic acids is 2. The summed E-state index contributed by atoms with van der Waals surface area (Å²) in [6.07, 6.45) is 1.95. The first-order valence-corrected chi connectivity index (χ1v) is 7.12. The Morgan fingerprint density at radius 3 is 2.74 bits per heavy atom. The minimum absolute atomic E-state index is 0.0751. The van der Waals surface area contributed by atoms with Crippen molar-refractivity contribution in [3.63, 3.8) is 0 Å². The van der Waals surface area contributed by atoms with E-state index in [4.69, 9.17) is 9.47 Å². The Labute approximate surface area is 118 Å². The quantitative estimate of drug-likeness (QED) is 0.590. The van der Waals surface area contributed by atoms with E-state index < -0.39 is 5.60 Å². The third-order valence-electron chi connectivity index (χ3n) is 2.38. The average Bonchev–Trinajstić information content (AvgIpc) is 2.71. The van der Waals surface area contributed by atoms with Gasteiger partial charge >= 0.3 is 11.4 Å². The van der Waals surface area contributed by atoms with Crippen molar-refractivity contribution >= 4 is 23.2 Å².